The summed E-state index contributed by atoms with van der Waals surface area (Å²) in [5, 5.41) is 7.38. The van der Waals surface area contributed by atoms with Crippen molar-refractivity contribution in [2.24, 2.45) is 0 Å². The number of ether oxygens (including phenoxy) is 1. The molecule has 27 heavy (non-hydrogen) atoms. The molecule has 3 aromatic rings. The summed E-state index contributed by atoms with van der Waals surface area (Å²) >= 11 is 0. The summed E-state index contributed by atoms with van der Waals surface area (Å²) in [7, 11) is 0. The molecular weight excluding hydrogens is 342 g/mol. The minimum Gasteiger partial charge on any atom is -0.445 e. The Balaban J connectivity index is 1.49. The third-order valence-corrected chi connectivity index (χ3v) is 4.13. The first-order valence-corrected chi connectivity index (χ1v) is 8.71. The highest BCUT2D eigenvalue weighted by molar-refractivity contribution is 5.87. The maximum atomic E-state index is 12.3. The molecule has 0 aliphatic rings. The van der Waals surface area contributed by atoms with Gasteiger partial charge in [0, 0.05) is 11.6 Å². The molecule has 1 atom stereocenters. The Morgan fingerprint density at radius 2 is 1.78 bits per heavy atom. The van der Waals surface area contributed by atoms with E-state index in [0.717, 1.165) is 22.0 Å². The summed E-state index contributed by atoms with van der Waals surface area (Å²) in [5.74, 6) is -0.304. The number of rotatable bonds is 6. The van der Waals surface area contributed by atoms with Crippen LogP contribution in [-0.2, 0) is 22.7 Å². The number of benzene rings is 2. The second-order valence-corrected chi connectivity index (χ2v) is 6.12. The van der Waals surface area contributed by atoms with Gasteiger partial charge < -0.3 is 15.4 Å². The van der Waals surface area contributed by atoms with Crippen LogP contribution in [0.3, 0.4) is 0 Å². The van der Waals surface area contributed by atoms with E-state index in [1.807, 2.05) is 60.7 Å². The van der Waals surface area contributed by atoms with E-state index in [4.69, 9.17) is 4.74 Å². The lowest BCUT2D eigenvalue weighted by Crippen LogP contribution is -2.44. The van der Waals surface area contributed by atoms with E-state index in [9.17, 15) is 9.59 Å². The lowest BCUT2D eigenvalue weighted by molar-refractivity contribution is -0.122. The van der Waals surface area contributed by atoms with E-state index in [1.54, 1.807) is 13.1 Å². The molecule has 0 spiro atoms. The van der Waals surface area contributed by atoms with Gasteiger partial charge in [-0.2, -0.15) is 0 Å². The van der Waals surface area contributed by atoms with Gasteiger partial charge in [-0.25, -0.2) is 4.79 Å². The summed E-state index contributed by atoms with van der Waals surface area (Å²) < 4.78 is 5.13. The van der Waals surface area contributed by atoms with E-state index >= 15 is 0 Å². The molecule has 0 unspecified atom stereocenters. The monoisotopic (exact) mass is 363 g/mol. The number of carbonyl (C=O) groups excluding carboxylic acids is 2. The molecule has 6 heteroatoms. The summed E-state index contributed by atoms with van der Waals surface area (Å²) in [6.07, 6.45) is 1.08. The first-order valence-electron chi connectivity index (χ1n) is 8.71. The fourth-order valence-electron chi connectivity index (χ4n) is 2.65. The lowest BCUT2D eigenvalue weighted by atomic mass is 10.1. The largest absolute Gasteiger partial charge is 0.445 e. The number of hydrogen-bond acceptors (Lipinski definition) is 4. The zero-order valence-corrected chi connectivity index (χ0v) is 15.0. The van der Waals surface area contributed by atoms with Crippen LogP contribution in [0, 0.1) is 0 Å². The van der Waals surface area contributed by atoms with Gasteiger partial charge in [0.25, 0.3) is 0 Å². The van der Waals surface area contributed by atoms with Gasteiger partial charge in [-0.15, -0.1) is 0 Å². The van der Waals surface area contributed by atoms with Crippen LogP contribution >= 0.6 is 0 Å². The lowest BCUT2D eigenvalue weighted by Gasteiger charge is -2.14. The molecule has 0 aliphatic heterocycles. The highest BCUT2D eigenvalue weighted by atomic mass is 16.5. The molecule has 6 nitrogen and oxygen atoms in total. The Bertz CT molecular complexity index is 923. The van der Waals surface area contributed by atoms with Gasteiger partial charge in [0.2, 0.25) is 5.91 Å². The van der Waals surface area contributed by atoms with Crippen LogP contribution in [0.4, 0.5) is 4.79 Å². The number of alkyl carbamates (subject to hydrolysis) is 1. The van der Waals surface area contributed by atoms with Gasteiger partial charge in [0.05, 0.1) is 12.2 Å². The summed E-state index contributed by atoms with van der Waals surface area (Å²) in [6, 6.07) is 18.4. The molecular formula is C21H21N3O3. The molecule has 138 valence electrons. The standard InChI is InChI=1S/C21H21N3O3/c1-15(24-21(26)27-14-16-7-3-2-4-8-16)20(25)23-13-19-18-10-6-5-9-17(18)11-12-22-19/h2-12,15H,13-14H2,1H3,(H,23,25)(H,24,26)/t15-/m1/s1. The van der Waals surface area contributed by atoms with Crippen molar-refractivity contribution < 1.29 is 14.3 Å². The fraction of sp³-hybridized carbons (Fsp3) is 0.190. The molecule has 2 amide bonds. The molecule has 0 radical (unpaired) electrons. The Labute approximate surface area is 157 Å². The molecule has 1 heterocycles. The quantitative estimate of drug-likeness (QED) is 0.705. The second-order valence-electron chi connectivity index (χ2n) is 6.12. The molecule has 2 aromatic carbocycles. The average molecular weight is 363 g/mol. The molecule has 0 fully saturated rings. The number of aromatic nitrogens is 1. The number of amides is 2. The second kappa shape index (κ2) is 8.80. The average Bonchev–Trinajstić information content (AvgIpc) is 2.71. The van der Waals surface area contributed by atoms with Crippen molar-refractivity contribution in [3.63, 3.8) is 0 Å². The zero-order valence-electron chi connectivity index (χ0n) is 15.0. The third kappa shape index (κ3) is 5.04. The maximum absolute atomic E-state index is 12.3. The van der Waals surface area contributed by atoms with Crippen molar-refractivity contribution >= 4 is 22.8 Å². The molecule has 2 N–H and O–H groups in total. The maximum Gasteiger partial charge on any atom is 0.408 e. The van der Waals surface area contributed by atoms with Crippen molar-refractivity contribution in [2.45, 2.75) is 26.1 Å². The van der Waals surface area contributed by atoms with E-state index in [0.29, 0.717) is 0 Å². The predicted octanol–water partition coefficient (Wildman–Crippen LogP) is 3.17. The van der Waals surface area contributed by atoms with Gasteiger partial charge in [-0.3, -0.25) is 9.78 Å². The van der Waals surface area contributed by atoms with Crippen LogP contribution in [-0.4, -0.2) is 23.0 Å². The Morgan fingerprint density at radius 1 is 1.04 bits per heavy atom. The Morgan fingerprint density at radius 3 is 2.59 bits per heavy atom. The first kappa shape index (κ1) is 18.4. The zero-order chi connectivity index (χ0) is 19.1. The van der Waals surface area contributed by atoms with Crippen LogP contribution in [0.5, 0.6) is 0 Å². The van der Waals surface area contributed by atoms with Crippen molar-refractivity contribution in [3.8, 4) is 0 Å². The highest BCUT2D eigenvalue weighted by Gasteiger charge is 2.16. The minimum absolute atomic E-state index is 0.154. The Hall–Kier alpha value is -3.41. The van der Waals surface area contributed by atoms with Crippen LogP contribution in [0.1, 0.15) is 18.2 Å². The Kier molecular flexibility index (Phi) is 5.99. The topological polar surface area (TPSA) is 80.3 Å². The van der Waals surface area contributed by atoms with Crippen molar-refractivity contribution in [1.82, 2.24) is 15.6 Å². The van der Waals surface area contributed by atoms with E-state index in [1.165, 1.54) is 0 Å². The summed E-state index contributed by atoms with van der Waals surface area (Å²) in [6.45, 7) is 2.04. The van der Waals surface area contributed by atoms with Gasteiger partial charge in [0.15, 0.2) is 0 Å². The third-order valence-electron chi connectivity index (χ3n) is 4.13. The highest BCUT2D eigenvalue weighted by Crippen LogP contribution is 2.15. The van der Waals surface area contributed by atoms with E-state index < -0.39 is 12.1 Å². The van der Waals surface area contributed by atoms with Crippen LogP contribution < -0.4 is 10.6 Å². The summed E-state index contributed by atoms with van der Waals surface area (Å²) in [5.41, 5.74) is 1.66. The number of fused-ring (bicyclic) bond motifs is 1. The van der Waals surface area contributed by atoms with Gasteiger partial charge in [-0.1, -0.05) is 54.6 Å². The molecule has 0 saturated heterocycles. The van der Waals surface area contributed by atoms with Gasteiger partial charge in [-0.05, 0) is 23.9 Å². The van der Waals surface area contributed by atoms with Crippen molar-refractivity contribution in [2.75, 3.05) is 0 Å². The minimum atomic E-state index is -0.719. The van der Waals surface area contributed by atoms with Crippen molar-refractivity contribution in [1.29, 1.82) is 0 Å². The molecule has 0 aliphatic carbocycles. The van der Waals surface area contributed by atoms with Gasteiger partial charge >= 0.3 is 6.09 Å². The number of carbonyl (C=O) groups is 2. The van der Waals surface area contributed by atoms with E-state index in [-0.39, 0.29) is 19.1 Å². The molecule has 0 saturated carbocycles. The molecule has 1 aromatic heterocycles. The fourth-order valence-corrected chi connectivity index (χ4v) is 2.65. The number of nitrogens with one attached hydrogen (secondary N) is 2. The van der Waals surface area contributed by atoms with Crippen LogP contribution in [0.25, 0.3) is 10.8 Å². The summed E-state index contributed by atoms with van der Waals surface area (Å²) in [4.78, 5) is 28.4. The number of hydrogen-bond donors (Lipinski definition) is 2. The molecule has 3 rings (SSSR count). The smallest absolute Gasteiger partial charge is 0.408 e. The first-order chi connectivity index (χ1) is 13.1. The van der Waals surface area contributed by atoms with Gasteiger partial charge in [0.1, 0.15) is 12.6 Å². The SMILES string of the molecule is C[C@@H](NC(=O)OCc1ccccc1)C(=O)NCc1nccc2ccccc12. The van der Waals surface area contributed by atoms with Crippen molar-refractivity contribution in [3.05, 3.63) is 78.1 Å². The van der Waals surface area contributed by atoms with Crippen LogP contribution in [0.2, 0.25) is 0 Å². The number of pyridine rings is 1. The van der Waals surface area contributed by atoms with E-state index in [2.05, 4.69) is 15.6 Å². The predicted molar refractivity (Wildman–Crippen MR) is 103 cm³/mol. The van der Waals surface area contributed by atoms with Crippen LogP contribution in [0.15, 0.2) is 66.9 Å². The normalized spacial score (nSPS) is 11.6. The number of nitrogens with zero attached hydrogens (tertiary/aromatic N) is 1. The molecule has 0 bridgehead atoms.